The number of ether oxygens (including phenoxy) is 1. The van der Waals surface area contributed by atoms with Crippen molar-refractivity contribution < 1.29 is 31.5 Å². The lowest BCUT2D eigenvalue weighted by molar-refractivity contribution is -0.125. The fourth-order valence-electron chi connectivity index (χ4n) is 5.29. The molecule has 1 heterocycles. The maximum absolute atomic E-state index is 13.5. The van der Waals surface area contributed by atoms with Crippen LogP contribution in [-0.4, -0.2) is 30.1 Å². The maximum Gasteiger partial charge on any atom is 0.392 e. The lowest BCUT2D eigenvalue weighted by Gasteiger charge is -2.24. The van der Waals surface area contributed by atoms with Gasteiger partial charge in [0.25, 0.3) is 0 Å². The summed E-state index contributed by atoms with van der Waals surface area (Å²) in [4.78, 5) is 15.7. The number of carbonyl (C=O) groups excluding carboxylic acids is 1. The van der Waals surface area contributed by atoms with Gasteiger partial charge < -0.3 is 15.3 Å². The number of aryl methyl sites for hydroxylation is 1. The molecule has 0 spiro atoms. The highest BCUT2D eigenvalue weighted by molar-refractivity contribution is 6.26. The molecule has 1 aliphatic heterocycles. The van der Waals surface area contributed by atoms with E-state index < -0.39 is 25.4 Å². The Labute approximate surface area is 259 Å². The minimum absolute atomic E-state index is 0.0337. The van der Waals surface area contributed by atoms with Crippen molar-refractivity contribution in [3.8, 4) is 11.5 Å². The van der Waals surface area contributed by atoms with Crippen LogP contribution >= 0.6 is 0 Å². The van der Waals surface area contributed by atoms with Gasteiger partial charge in [-0.05, 0) is 77.6 Å². The van der Waals surface area contributed by atoms with Crippen LogP contribution in [0, 0.1) is 5.41 Å². The minimum atomic E-state index is -4.56. The van der Waals surface area contributed by atoms with Gasteiger partial charge >= 0.3 is 6.18 Å². The Morgan fingerprint density at radius 3 is 2.42 bits per heavy atom. The highest BCUT2D eigenvalue weighted by atomic mass is 19.4. The summed E-state index contributed by atoms with van der Waals surface area (Å²) in [6.45, 7) is 9.24. The van der Waals surface area contributed by atoms with Gasteiger partial charge in [0.1, 0.15) is 23.1 Å². The van der Waals surface area contributed by atoms with Gasteiger partial charge in [0.05, 0.1) is 6.42 Å². The molecule has 10 heteroatoms. The molecule has 0 fully saturated rings. The Morgan fingerprint density at radius 1 is 1.09 bits per heavy atom. The van der Waals surface area contributed by atoms with Crippen molar-refractivity contribution in [2.24, 2.45) is 10.7 Å². The van der Waals surface area contributed by atoms with Crippen molar-refractivity contribution in [2.75, 3.05) is 0 Å². The summed E-state index contributed by atoms with van der Waals surface area (Å²) in [7, 11) is 0. The number of hydrogen-bond acceptors (Lipinski definition) is 4. The molecule has 0 atom stereocenters. The first kappa shape index (κ1) is 33.6. The second-order valence-corrected chi connectivity index (χ2v) is 12.3. The third kappa shape index (κ3) is 8.23. The summed E-state index contributed by atoms with van der Waals surface area (Å²) < 4.78 is 72.7. The number of amidine groups is 2. The fraction of sp³-hybridized carbons (Fsp3) is 0.343. The molecule has 0 bridgehead atoms. The fourth-order valence-corrected chi connectivity index (χ4v) is 5.29. The molecule has 5 nitrogen and oxygen atoms in total. The maximum atomic E-state index is 13.5. The van der Waals surface area contributed by atoms with Crippen molar-refractivity contribution in [3.05, 3.63) is 88.0 Å². The molecule has 45 heavy (non-hydrogen) atoms. The zero-order valence-electron chi connectivity index (χ0n) is 25.8. The smallest absolute Gasteiger partial charge is 0.392 e. The Morgan fingerprint density at radius 2 is 1.80 bits per heavy atom. The van der Waals surface area contributed by atoms with Gasteiger partial charge in [-0.25, -0.2) is 13.8 Å². The SMILES string of the molecule is CC(=O)CCc1cccc(Oc2cc(C(C)(C)C)cc3cc4c(c(/C(C)=C/C(=C\CC(F)(F)F)CC(F)F)c23)C(N)=NC4=N)c1. The molecular weight excluding hydrogens is 589 g/mol. The molecule has 0 aliphatic carbocycles. The first-order chi connectivity index (χ1) is 20.9. The molecule has 3 aromatic carbocycles. The monoisotopic (exact) mass is 625 g/mol. The molecule has 0 unspecified atom stereocenters. The van der Waals surface area contributed by atoms with E-state index >= 15 is 0 Å². The third-order valence-electron chi connectivity index (χ3n) is 7.49. The van der Waals surface area contributed by atoms with E-state index in [0.717, 1.165) is 17.2 Å². The summed E-state index contributed by atoms with van der Waals surface area (Å²) >= 11 is 0. The van der Waals surface area contributed by atoms with Crippen molar-refractivity contribution >= 4 is 33.8 Å². The third-order valence-corrected chi connectivity index (χ3v) is 7.49. The molecule has 0 saturated carbocycles. The molecule has 3 N–H and O–H groups in total. The van der Waals surface area contributed by atoms with E-state index in [0.29, 0.717) is 57.4 Å². The van der Waals surface area contributed by atoms with Gasteiger partial charge in [0.2, 0.25) is 6.43 Å². The summed E-state index contributed by atoms with van der Waals surface area (Å²) in [5, 5.41) is 9.68. The van der Waals surface area contributed by atoms with Crippen LogP contribution in [0.3, 0.4) is 0 Å². The minimum Gasteiger partial charge on any atom is -0.457 e. The van der Waals surface area contributed by atoms with Crippen LogP contribution in [0.4, 0.5) is 22.0 Å². The van der Waals surface area contributed by atoms with Gasteiger partial charge in [-0.3, -0.25) is 5.41 Å². The van der Waals surface area contributed by atoms with Crippen molar-refractivity contribution in [1.82, 2.24) is 0 Å². The Hall–Kier alpha value is -4.34. The number of allylic oxidation sites excluding steroid dienone is 4. The average Bonchev–Trinajstić information content (AvgIpc) is 3.20. The molecule has 0 aromatic heterocycles. The van der Waals surface area contributed by atoms with Gasteiger partial charge in [0, 0.05) is 34.9 Å². The number of ketones is 1. The summed E-state index contributed by atoms with van der Waals surface area (Å²) in [6, 6.07) is 12.9. The highest BCUT2D eigenvalue weighted by Gasteiger charge is 2.29. The predicted octanol–water partition coefficient (Wildman–Crippen LogP) is 9.43. The Kier molecular flexibility index (Phi) is 9.65. The number of hydrogen-bond donors (Lipinski definition) is 2. The second-order valence-electron chi connectivity index (χ2n) is 12.3. The van der Waals surface area contributed by atoms with Crippen LogP contribution in [0.2, 0.25) is 0 Å². The summed E-state index contributed by atoms with van der Waals surface area (Å²) in [6.07, 6.45) is -6.68. The van der Waals surface area contributed by atoms with Crippen LogP contribution in [0.25, 0.3) is 16.3 Å². The van der Waals surface area contributed by atoms with E-state index in [1.807, 2.05) is 51.1 Å². The van der Waals surface area contributed by atoms with Gasteiger partial charge in [0.15, 0.2) is 5.84 Å². The van der Waals surface area contributed by atoms with E-state index in [1.54, 1.807) is 19.1 Å². The zero-order valence-corrected chi connectivity index (χ0v) is 25.8. The average molecular weight is 626 g/mol. The lowest BCUT2D eigenvalue weighted by atomic mass is 9.82. The second kappa shape index (κ2) is 12.9. The van der Waals surface area contributed by atoms with E-state index in [1.165, 1.54) is 13.0 Å². The molecule has 238 valence electrons. The standard InChI is InChI=1S/C35H36F5N3O2/c1-19(13-22(15-28(36)37)11-12-35(38,39)40)29-30-23(17-26-31(29)33(42)43-32(26)41)16-24(34(3,4)5)18-27(30)45-25-8-6-7-21(14-25)10-9-20(2)44/h6-8,11,13-14,16-18,28H,9-10,12,15H2,1-5H3,(H3,41,42,43)/b19-13+,22-11+. The highest BCUT2D eigenvalue weighted by Crippen LogP contribution is 2.43. The zero-order chi connectivity index (χ0) is 33.3. The number of rotatable bonds is 10. The largest absolute Gasteiger partial charge is 0.457 e. The van der Waals surface area contributed by atoms with Crippen molar-refractivity contribution in [2.45, 2.75) is 78.3 Å². The van der Waals surface area contributed by atoms with Crippen LogP contribution < -0.4 is 10.5 Å². The first-order valence-corrected chi connectivity index (χ1v) is 14.5. The first-order valence-electron chi connectivity index (χ1n) is 14.5. The normalized spacial score (nSPS) is 14.3. The molecule has 0 radical (unpaired) electrons. The Bertz CT molecular complexity index is 1740. The topological polar surface area (TPSA) is 88.5 Å². The summed E-state index contributed by atoms with van der Waals surface area (Å²) in [5.41, 5.74) is 9.20. The summed E-state index contributed by atoms with van der Waals surface area (Å²) in [5.74, 6) is 0.917. The molecule has 3 aromatic rings. The Balaban J connectivity index is 2.01. The van der Waals surface area contributed by atoms with E-state index in [9.17, 15) is 26.7 Å². The molecular formula is C35H36F5N3O2. The van der Waals surface area contributed by atoms with Crippen LogP contribution in [0.1, 0.15) is 81.7 Å². The van der Waals surface area contributed by atoms with Gasteiger partial charge in [-0.1, -0.05) is 51.1 Å². The number of nitrogens with zero attached hydrogens (tertiary/aromatic N) is 1. The number of carbonyl (C=O) groups is 1. The number of nitrogens with two attached hydrogens (primary N) is 1. The van der Waals surface area contributed by atoms with Gasteiger partial charge in [-0.15, -0.1) is 0 Å². The van der Waals surface area contributed by atoms with E-state index in [4.69, 9.17) is 15.9 Å². The lowest BCUT2D eigenvalue weighted by Crippen LogP contribution is -2.15. The number of Topliss-reactive ketones (excluding diaryl/α,β-unsaturated/α-hetero) is 1. The number of benzene rings is 3. The van der Waals surface area contributed by atoms with Crippen LogP contribution in [-0.2, 0) is 16.6 Å². The van der Waals surface area contributed by atoms with Crippen molar-refractivity contribution in [3.63, 3.8) is 0 Å². The van der Waals surface area contributed by atoms with Crippen molar-refractivity contribution in [1.29, 1.82) is 5.41 Å². The molecule has 0 amide bonds. The van der Waals surface area contributed by atoms with E-state index in [-0.39, 0.29) is 28.4 Å². The quantitative estimate of drug-likeness (QED) is 0.174. The number of alkyl halides is 5. The number of aliphatic imine (C=N–C) groups is 1. The number of nitrogens with one attached hydrogen (secondary N) is 1. The molecule has 0 saturated heterocycles. The number of fused-ring (bicyclic) bond motifs is 2. The van der Waals surface area contributed by atoms with E-state index in [2.05, 4.69) is 4.99 Å². The van der Waals surface area contributed by atoms with Crippen LogP contribution in [0.15, 0.2) is 65.2 Å². The van der Waals surface area contributed by atoms with Gasteiger partial charge in [-0.2, -0.15) is 13.2 Å². The number of halogens is 5. The molecule has 1 aliphatic rings. The molecule has 4 rings (SSSR count). The van der Waals surface area contributed by atoms with Crippen LogP contribution in [0.5, 0.6) is 11.5 Å². The predicted molar refractivity (Wildman–Crippen MR) is 169 cm³/mol.